The number of hydrogen-bond acceptors (Lipinski definition) is 4. The van der Waals surface area contributed by atoms with Crippen molar-refractivity contribution in [3.8, 4) is 0 Å². The van der Waals surface area contributed by atoms with Crippen molar-refractivity contribution in [3.63, 3.8) is 0 Å². The molecule has 0 bridgehead atoms. The Morgan fingerprint density at radius 1 is 1.14 bits per heavy atom. The van der Waals surface area contributed by atoms with Gasteiger partial charge in [-0.15, -0.1) is 0 Å². The summed E-state index contributed by atoms with van der Waals surface area (Å²) in [6, 6.07) is 13.0. The Morgan fingerprint density at radius 2 is 1.86 bits per heavy atom. The molecule has 1 aliphatic heterocycles. The first-order valence-corrected chi connectivity index (χ1v) is 9.86. The average molecular weight is 396 g/mol. The topological polar surface area (TPSA) is 72.9 Å². The van der Waals surface area contributed by atoms with Gasteiger partial charge in [0.2, 0.25) is 0 Å². The zero-order valence-corrected chi connectivity index (χ0v) is 17.7. The van der Waals surface area contributed by atoms with E-state index < -0.39 is 5.97 Å². The molecule has 1 amide bonds. The number of carboxylic acid groups (broad SMARTS) is 1. The van der Waals surface area contributed by atoms with Crippen LogP contribution in [0.15, 0.2) is 42.5 Å². The molecule has 2 N–H and O–H groups in total. The smallest absolute Gasteiger partial charge is 0.335 e. The molecule has 1 heterocycles. The van der Waals surface area contributed by atoms with Crippen molar-refractivity contribution in [2.75, 3.05) is 26.0 Å². The van der Waals surface area contributed by atoms with Crippen LogP contribution < -0.4 is 5.32 Å². The van der Waals surface area contributed by atoms with E-state index in [1.807, 2.05) is 51.4 Å². The Kier molecular flexibility index (Phi) is 5.66. The lowest BCUT2D eigenvalue weighted by atomic mass is 9.72. The third-order valence-electron chi connectivity index (χ3n) is 5.56. The lowest BCUT2D eigenvalue weighted by Crippen LogP contribution is -2.41. The molecule has 1 unspecified atom stereocenters. The number of fused-ring (bicyclic) bond motifs is 1. The van der Waals surface area contributed by atoms with Gasteiger partial charge in [-0.25, -0.2) is 9.80 Å². The predicted octanol–water partition coefficient (Wildman–Crippen LogP) is 4.06. The second kappa shape index (κ2) is 7.87. The summed E-state index contributed by atoms with van der Waals surface area (Å²) in [5, 5.41) is 16.3. The zero-order chi connectivity index (χ0) is 21.3. The van der Waals surface area contributed by atoms with E-state index in [1.165, 1.54) is 0 Å². The summed E-state index contributed by atoms with van der Waals surface area (Å²) in [7, 11) is 3.72. The van der Waals surface area contributed by atoms with Crippen LogP contribution in [0.25, 0.3) is 0 Å². The number of rotatable bonds is 5. The number of carbonyl (C=O) groups excluding carboxylic acids is 1. The summed E-state index contributed by atoms with van der Waals surface area (Å²) in [6.45, 7) is 6.87. The predicted molar refractivity (Wildman–Crippen MR) is 114 cm³/mol. The number of aromatic carboxylic acids is 1. The molecule has 6 nitrogen and oxygen atoms in total. The molecule has 1 aliphatic rings. The summed E-state index contributed by atoms with van der Waals surface area (Å²) in [5.41, 5.74) is 3.79. The molecule has 2 aromatic rings. The van der Waals surface area contributed by atoms with E-state index in [2.05, 4.69) is 19.2 Å². The van der Waals surface area contributed by atoms with Crippen molar-refractivity contribution in [1.29, 1.82) is 0 Å². The van der Waals surface area contributed by atoms with Crippen LogP contribution in [0.4, 0.5) is 5.69 Å². The Hall–Kier alpha value is -2.86. The normalized spacial score (nSPS) is 17.4. The number of hydrazine groups is 1. The largest absolute Gasteiger partial charge is 0.478 e. The number of nitrogens with one attached hydrogen (secondary N) is 1. The maximum atomic E-state index is 12.9. The highest BCUT2D eigenvalue weighted by Gasteiger charge is 2.36. The van der Waals surface area contributed by atoms with E-state index in [-0.39, 0.29) is 17.4 Å². The third kappa shape index (κ3) is 4.12. The molecule has 6 heteroatoms. The summed E-state index contributed by atoms with van der Waals surface area (Å²) in [5.74, 6) is -0.945. The standard InChI is InChI=1S/C23H29N3O3/c1-6-26(25(4)5)21(27)16-9-7-8-15(12-16)20-23(2,3)14-18-13-17(22(28)29)10-11-19(18)24-20/h7-13,20,24H,6,14H2,1-5H3,(H,28,29). The Labute approximate surface area is 172 Å². The number of carboxylic acids is 1. The first kappa shape index (κ1) is 20.9. The Bertz CT molecular complexity index is 937. The highest BCUT2D eigenvalue weighted by atomic mass is 16.4. The molecule has 0 saturated heterocycles. The van der Waals surface area contributed by atoms with Gasteiger partial charge < -0.3 is 10.4 Å². The van der Waals surface area contributed by atoms with E-state index in [1.54, 1.807) is 22.2 Å². The molecule has 0 aromatic heterocycles. The van der Waals surface area contributed by atoms with E-state index in [0.29, 0.717) is 17.7 Å². The molecule has 29 heavy (non-hydrogen) atoms. The second-order valence-corrected chi connectivity index (χ2v) is 8.41. The van der Waals surface area contributed by atoms with Gasteiger partial charge in [-0.05, 0) is 60.2 Å². The lowest BCUT2D eigenvalue weighted by Gasteiger charge is -2.41. The van der Waals surface area contributed by atoms with Crippen molar-refractivity contribution in [1.82, 2.24) is 10.0 Å². The van der Waals surface area contributed by atoms with Gasteiger partial charge in [-0.3, -0.25) is 9.80 Å². The number of benzene rings is 2. The molecule has 154 valence electrons. The van der Waals surface area contributed by atoms with E-state index >= 15 is 0 Å². The quantitative estimate of drug-likeness (QED) is 0.747. The molecule has 0 spiro atoms. The molecule has 1 atom stereocenters. The molecule has 0 fully saturated rings. The fraction of sp³-hybridized carbons (Fsp3) is 0.391. The van der Waals surface area contributed by atoms with Gasteiger partial charge >= 0.3 is 5.97 Å². The van der Waals surface area contributed by atoms with Gasteiger partial charge in [0.1, 0.15) is 0 Å². The minimum atomic E-state index is -0.916. The van der Waals surface area contributed by atoms with Crippen LogP contribution in [0.3, 0.4) is 0 Å². The van der Waals surface area contributed by atoms with Crippen molar-refractivity contribution in [3.05, 3.63) is 64.7 Å². The SMILES string of the molecule is CCN(C(=O)c1cccc(C2Nc3ccc(C(=O)O)cc3CC2(C)C)c1)N(C)C. The first-order chi connectivity index (χ1) is 13.6. The van der Waals surface area contributed by atoms with Crippen LogP contribution in [0, 0.1) is 5.41 Å². The van der Waals surface area contributed by atoms with Gasteiger partial charge in [0.25, 0.3) is 5.91 Å². The molecule has 0 radical (unpaired) electrons. The van der Waals surface area contributed by atoms with Gasteiger partial charge in [0, 0.05) is 31.9 Å². The number of nitrogens with zero attached hydrogens (tertiary/aromatic N) is 2. The highest BCUT2D eigenvalue weighted by Crippen LogP contribution is 2.45. The monoisotopic (exact) mass is 395 g/mol. The van der Waals surface area contributed by atoms with E-state index in [0.717, 1.165) is 23.2 Å². The number of carbonyl (C=O) groups is 2. The van der Waals surface area contributed by atoms with Crippen LogP contribution >= 0.6 is 0 Å². The van der Waals surface area contributed by atoms with Crippen LogP contribution in [0.1, 0.15) is 58.7 Å². The van der Waals surface area contributed by atoms with E-state index in [9.17, 15) is 14.7 Å². The first-order valence-electron chi connectivity index (χ1n) is 9.86. The minimum absolute atomic E-state index is 0.00728. The molecule has 0 saturated carbocycles. The summed E-state index contributed by atoms with van der Waals surface area (Å²) in [6.07, 6.45) is 0.748. The number of hydrogen-bond donors (Lipinski definition) is 2. The summed E-state index contributed by atoms with van der Waals surface area (Å²) in [4.78, 5) is 24.2. The van der Waals surface area contributed by atoms with Crippen molar-refractivity contribution in [2.45, 2.75) is 33.2 Å². The minimum Gasteiger partial charge on any atom is -0.478 e. The Morgan fingerprint density at radius 3 is 2.48 bits per heavy atom. The molecule has 0 aliphatic carbocycles. The average Bonchev–Trinajstić information content (AvgIpc) is 2.66. The number of anilines is 1. The molecule has 2 aromatic carbocycles. The second-order valence-electron chi connectivity index (χ2n) is 8.41. The van der Waals surface area contributed by atoms with E-state index in [4.69, 9.17) is 0 Å². The maximum Gasteiger partial charge on any atom is 0.335 e. The molecule has 3 rings (SSSR count). The van der Waals surface area contributed by atoms with Crippen molar-refractivity contribution < 1.29 is 14.7 Å². The fourth-order valence-corrected chi connectivity index (χ4v) is 4.10. The summed E-state index contributed by atoms with van der Waals surface area (Å²) < 4.78 is 0. The van der Waals surface area contributed by atoms with Gasteiger partial charge in [0.05, 0.1) is 11.6 Å². The third-order valence-corrected chi connectivity index (χ3v) is 5.56. The summed E-state index contributed by atoms with van der Waals surface area (Å²) >= 11 is 0. The lowest BCUT2D eigenvalue weighted by molar-refractivity contribution is 0.0230. The van der Waals surface area contributed by atoms with Gasteiger partial charge in [0.15, 0.2) is 0 Å². The Balaban J connectivity index is 1.94. The van der Waals surface area contributed by atoms with Gasteiger partial charge in [-0.2, -0.15) is 0 Å². The molecular formula is C23H29N3O3. The van der Waals surface area contributed by atoms with Crippen molar-refractivity contribution >= 4 is 17.6 Å². The number of amides is 1. The van der Waals surface area contributed by atoms with Gasteiger partial charge in [-0.1, -0.05) is 26.0 Å². The highest BCUT2D eigenvalue weighted by molar-refractivity contribution is 5.94. The van der Waals surface area contributed by atoms with Crippen LogP contribution in [-0.4, -0.2) is 47.6 Å². The van der Waals surface area contributed by atoms with Crippen LogP contribution in [0.2, 0.25) is 0 Å². The molecular weight excluding hydrogens is 366 g/mol. The van der Waals surface area contributed by atoms with Crippen LogP contribution in [-0.2, 0) is 6.42 Å². The van der Waals surface area contributed by atoms with Crippen molar-refractivity contribution in [2.24, 2.45) is 5.41 Å². The maximum absolute atomic E-state index is 12.9. The van der Waals surface area contributed by atoms with Crippen LogP contribution in [0.5, 0.6) is 0 Å². The fourth-order valence-electron chi connectivity index (χ4n) is 4.10. The zero-order valence-electron chi connectivity index (χ0n) is 17.7.